The van der Waals surface area contributed by atoms with Crippen LogP contribution in [0.3, 0.4) is 0 Å². The van der Waals surface area contributed by atoms with E-state index in [1.807, 2.05) is 0 Å². The molecule has 1 aromatic heterocycles. The molecule has 0 bridgehead atoms. The molecule has 0 aromatic carbocycles. The second kappa shape index (κ2) is 4.36. The summed E-state index contributed by atoms with van der Waals surface area (Å²) in [5, 5.41) is 0. The average molecular weight is 238 g/mol. The Balaban J connectivity index is 2.25. The molecule has 90 valence electrons. The van der Waals surface area contributed by atoms with Crippen LogP contribution in [0.4, 0.5) is 0 Å². The topological polar surface area (TPSA) is 20.7 Å². The number of H-pyrrole nitrogens is 1. The van der Waals surface area contributed by atoms with Gasteiger partial charge < -0.3 is 9.55 Å². The van der Waals surface area contributed by atoms with Gasteiger partial charge in [-0.3, -0.25) is 0 Å². The number of aromatic nitrogens is 2. The molecule has 1 aliphatic rings. The van der Waals surface area contributed by atoms with Crippen LogP contribution in [0, 0.1) is 10.7 Å². The molecule has 0 spiro atoms. The smallest absolute Gasteiger partial charge is 0.177 e. The average Bonchev–Trinajstić information content (AvgIpc) is 2.76. The van der Waals surface area contributed by atoms with Crippen molar-refractivity contribution < 1.29 is 0 Å². The van der Waals surface area contributed by atoms with Crippen molar-refractivity contribution in [1.29, 1.82) is 0 Å². The van der Waals surface area contributed by atoms with E-state index in [0.29, 0.717) is 0 Å². The van der Waals surface area contributed by atoms with Crippen LogP contribution in [0.5, 0.6) is 0 Å². The van der Waals surface area contributed by atoms with E-state index in [1.165, 1.54) is 31.4 Å². The Hall–Kier alpha value is -0.570. The summed E-state index contributed by atoms with van der Waals surface area (Å²) >= 11 is 5.38. The largest absolute Gasteiger partial charge is 0.337 e. The molecule has 0 radical (unpaired) electrons. The first-order valence-electron chi connectivity index (χ1n) is 6.27. The van der Waals surface area contributed by atoms with Crippen molar-refractivity contribution in [1.82, 2.24) is 9.55 Å². The molecular weight excluding hydrogens is 216 g/mol. The Bertz CT molecular complexity index is 402. The van der Waals surface area contributed by atoms with Crippen LogP contribution in [0.25, 0.3) is 0 Å². The summed E-state index contributed by atoms with van der Waals surface area (Å²) in [5.41, 5.74) is 1.51. The summed E-state index contributed by atoms with van der Waals surface area (Å²) in [6, 6.07) is 0. The number of aromatic amines is 1. The van der Waals surface area contributed by atoms with Gasteiger partial charge in [-0.2, -0.15) is 0 Å². The maximum absolute atomic E-state index is 5.38. The third-order valence-corrected chi connectivity index (χ3v) is 3.89. The molecule has 3 heteroatoms. The second-order valence-electron chi connectivity index (χ2n) is 5.99. The molecule has 1 fully saturated rings. The van der Waals surface area contributed by atoms with E-state index in [2.05, 4.69) is 36.5 Å². The van der Waals surface area contributed by atoms with E-state index in [-0.39, 0.29) is 5.41 Å². The molecule has 1 saturated carbocycles. The van der Waals surface area contributed by atoms with Gasteiger partial charge in [0.15, 0.2) is 4.77 Å². The van der Waals surface area contributed by atoms with Gasteiger partial charge in [0.1, 0.15) is 0 Å². The van der Waals surface area contributed by atoms with Gasteiger partial charge in [-0.05, 0) is 31.0 Å². The standard InChI is InChI=1S/C13H22N2S/c1-13(2,3)11-8-14-12(16)15(11)9-10-6-4-5-7-10/h8,10H,4-7,9H2,1-3H3,(H,14,16). The summed E-state index contributed by atoms with van der Waals surface area (Å²) in [6.45, 7) is 7.84. The van der Waals surface area contributed by atoms with Crippen molar-refractivity contribution in [2.24, 2.45) is 5.92 Å². The highest BCUT2D eigenvalue weighted by molar-refractivity contribution is 7.71. The van der Waals surface area contributed by atoms with Gasteiger partial charge in [-0.15, -0.1) is 0 Å². The van der Waals surface area contributed by atoms with Crippen LogP contribution in [0.1, 0.15) is 52.1 Å². The highest BCUT2D eigenvalue weighted by Gasteiger charge is 2.22. The fourth-order valence-corrected chi connectivity index (χ4v) is 2.88. The summed E-state index contributed by atoms with van der Waals surface area (Å²) in [7, 11) is 0. The molecule has 1 heterocycles. The molecule has 1 N–H and O–H groups in total. The highest BCUT2D eigenvalue weighted by atomic mass is 32.1. The maximum atomic E-state index is 5.38. The molecule has 1 aromatic rings. The fourth-order valence-electron chi connectivity index (χ4n) is 2.65. The number of nitrogens with one attached hydrogen (secondary N) is 1. The van der Waals surface area contributed by atoms with Gasteiger partial charge in [0.2, 0.25) is 0 Å². The van der Waals surface area contributed by atoms with E-state index >= 15 is 0 Å². The van der Waals surface area contributed by atoms with Gasteiger partial charge in [0.05, 0.1) is 0 Å². The minimum atomic E-state index is 0.173. The van der Waals surface area contributed by atoms with Crippen LogP contribution in [-0.2, 0) is 12.0 Å². The van der Waals surface area contributed by atoms with E-state index < -0.39 is 0 Å². The van der Waals surface area contributed by atoms with Gasteiger partial charge >= 0.3 is 0 Å². The summed E-state index contributed by atoms with van der Waals surface area (Å²) < 4.78 is 3.20. The minimum Gasteiger partial charge on any atom is -0.337 e. The van der Waals surface area contributed by atoms with Crippen LogP contribution in [-0.4, -0.2) is 9.55 Å². The monoisotopic (exact) mass is 238 g/mol. The Kier molecular flexibility index (Phi) is 3.24. The minimum absolute atomic E-state index is 0.173. The molecule has 0 atom stereocenters. The molecule has 1 aliphatic carbocycles. The predicted octanol–water partition coefficient (Wildman–Crippen LogP) is 4.03. The second-order valence-corrected chi connectivity index (χ2v) is 6.38. The van der Waals surface area contributed by atoms with Gasteiger partial charge in [-0.25, -0.2) is 0 Å². The molecule has 2 nitrogen and oxygen atoms in total. The lowest BCUT2D eigenvalue weighted by molar-refractivity contribution is 0.420. The number of hydrogen-bond acceptors (Lipinski definition) is 1. The third kappa shape index (κ3) is 2.40. The van der Waals surface area contributed by atoms with Crippen molar-refractivity contribution >= 4 is 12.2 Å². The maximum Gasteiger partial charge on any atom is 0.177 e. The Morgan fingerprint density at radius 2 is 2.00 bits per heavy atom. The lowest BCUT2D eigenvalue weighted by Gasteiger charge is -2.22. The SMILES string of the molecule is CC(C)(C)c1c[nH]c(=S)n1CC1CCCC1. The number of nitrogens with zero attached hydrogens (tertiary/aromatic N) is 1. The lowest BCUT2D eigenvalue weighted by Crippen LogP contribution is -2.20. The molecule has 0 saturated heterocycles. The quantitative estimate of drug-likeness (QED) is 0.771. The summed E-state index contributed by atoms with van der Waals surface area (Å²) in [4.78, 5) is 3.20. The predicted molar refractivity (Wildman–Crippen MR) is 70.3 cm³/mol. The summed E-state index contributed by atoms with van der Waals surface area (Å²) in [5.74, 6) is 0.837. The molecule has 16 heavy (non-hydrogen) atoms. The zero-order valence-electron chi connectivity index (χ0n) is 10.5. The van der Waals surface area contributed by atoms with E-state index in [0.717, 1.165) is 17.2 Å². The zero-order valence-corrected chi connectivity index (χ0v) is 11.4. The van der Waals surface area contributed by atoms with Gasteiger partial charge in [0, 0.05) is 23.9 Å². The van der Waals surface area contributed by atoms with E-state index in [4.69, 9.17) is 12.2 Å². The Labute approximate surface area is 103 Å². The van der Waals surface area contributed by atoms with Gasteiger partial charge in [0.25, 0.3) is 0 Å². The first-order valence-corrected chi connectivity index (χ1v) is 6.68. The lowest BCUT2D eigenvalue weighted by atomic mass is 9.92. The molecule has 0 amide bonds. The molecule has 0 aliphatic heterocycles. The zero-order chi connectivity index (χ0) is 11.8. The van der Waals surface area contributed by atoms with Crippen molar-refractivity contribution in [3.05, 3.63) is 16.7 Å². The normalized spacial score (nSPS) is 18.2. The summed E-state index contributed by atoms with van der Waals surface area (Å²) in [6.07, 6.45) is 7.62. The van der Waals surface area contributed by atoms with Crippen molar-refractivity contribution in [3.63, 3.8) is 0 Å². The van der Waals surface area contributed by atoms with Crippen LogP contribution < -0.4 is 0 Å². The van der Waals surface area contributed by atoms with E-state index in [9.17, 15) is 0 Å². The van der Waals surface area contributed by atoms with Crippen molar-refractivity contribution in [3.8, 4) is 0 Å². The first kappa shape index (κ1) is 11.9. The third-order valence-electron chi connectivity index (χ3n) is 3.55. The van der Waals surface area contributed by atoms with Crippen molar-refractivity contribution in [2.75, 3.05) is 0 Å². The first-order chi connectivity index (χ1) is 7.48. The fraction of sp³-hybridized carbons (Fsp3) is 0.769. The Morgan fingerprint density at radius 3 is 2.56 bits per heavy atom. The van der Waals surface area contributed by atoms with Crippen LogP contribution in [0.15, 0.2) is 6.20 Å². The van der Waals surface area contributed by atoms with Gasteiger partial charge in [-0.1, -0.05) is 33.6 Å². The Morgan fingerprint density at radius 1 is 1.38 bits per heavy atom. The van der Waals surface area contributed by atoms with Crippen LogP contribution in [0.2, 0.25) is 0 Å². The molecule has 0 unspecified atom stereocenters. The molecular formula is C13H22N2S. The number of rotatable bonds is 2. The number of imidazole rings is 1. The highest BCUT2D eigenvalue weighted by Crippen LogP contribution is 2.29. The van der Waals surface area contributed by atoms with Crippen molar-refractivity contribution in [2.45, 2.75) is 58.4 Å². The van der Waals surface area contributed by atoms with E-state index in [1.54, 1.807) is 0 Å². The number of hydrogen-bond donors (Lipinski definition) is 1. The van der Waals surface area contributed by atoms with Crippen LogP contribution >= 0.6 is 12.2 Å². The molecule has 2 rings (SSSR count).